The third kappa shape index (κ3) is 4.74. The van der Waals surface area contributed by atoms with Crippen molar-refractivity contribution < 1.29 is 11.0 Å². The Hall–Kier alpha value is -2.04. The fraction of sp³-hybridized carbons (Fsp3) is 0.263. The van der Waals surface area contributed by atoms with Crippen molar-refractivity contribution in [2.45, 2.75) is 26.2 Å². The number of nitrogens with zero attached hydrogens (tertiary/aromatic N) is 1. The van der Waals surface area contributed by atoms with Crippen LogP contribution in [0.5, 0.6) is 0 Å². The lowest BCUT2D eigenvalue weighted by Crippen LogP contribution is -2.41. The summed E-state index contributed by atoms with van der Waals surface area (Å²) in [6.07, 6.45) is 2.91. The fourth-order valence-corrected chi connectivity index (χ4v) is 2.98. The quantitative estimate of drug-likeness (QED) is 0.762. The fourth-order valence-electron chi connectivity index (χ4n) is 2.43. The molecule has 4 nitrogen and oxygen atoms in total. The number of urea groups is 1. The van der Waals surface area contributed by atoms with E-state index >= 15 is 0 Å². The molecule has 0 bridgehead atoms. The van der Waals surface area contributed by atoms with Gasteiger partial charge in [-0.3, -0.25) is 15.0 Å². The summed E-state index contributed by atoms with van der Waals surface area (Å²) in [6, 6.07) is 9.68. The minimum atomic E-state index is -0.706. The molecule has 0 aromatic heterocycles. The number of unbranched alkanes of at least 4 members (excludes halogenated alkanes) is 1. The summed E-state index contributed by atoms with van der Waals surface area (Å²) in [5, 5.41) is 2.35. The maximum atomic E-state index is 12.5. The van der Waals surface area contributed by atoms with Crippen molar-refractivity contribution in [3.8, 4) is 0 Å². The van der Waals surface area contributed by atoms with E-state index in [1.807, 2.05) is 24.3 Å². The Labute approximate surface area is 159 Å². The van der Waals surface area contributed by atoms with Crippen molar-refractivity contribution in [1.82, 2.24) is 5.32 Å². The molecule has 6 heteroatoms. The molecule has 25 heavy (non-hydrogen) atoms. The first-order valence-electron chi connectivity index (χ1n) is 8.47. The Morgan fingerprint density at radius 1 is 1.16 bits per heavy atom. The summed E-state index contributed by atoms with van der Waals surface area (Å²) in [4.78, 5) is 26.3. The van der Waals surface area contributed by atoms with Crippen LogP contribution in [0.4, 0.5) is 10.5 Å². The van der Waals surface area contributed by atoms with Crippen LogP contribution in [-0.2, 0) is 6.42 Å². The van der Waals surface area contributed by atoms with Crippen molar-refractivity contribution >= 4 is 40.8 Å². The Morgan fingerprint density at radius 2 is 1.80 bits per heavy atom. The lowest BCUT2D eigenvalue weighted by molar-refractivity contribution is 0.0966. The van der Waals surface area contributed by atoms with Crippen LogP contribution in [0.1, 0.15) is 37.1 Å². The van der Waals surface area contributed by atoms with Crippen molar-refractivity contribution in [2.24, 2.45) is 0 Å². The number of amides is 3. The number of para-hydroxylation sites is 1. The summed E-state index contributed by atoms with van der Waals surface area (Å²) < 4.78 is 7.54. The van der Waals surface area contributed by atoms with Crippen LogP contribution >= 0.6 is 23.2 Å². The van der Waals surface area contributed by atoms with Gasteiger partial charge < -0.3 is 0 Å². The van der Waals surface area contributed by atoms with Gasteiger partial charge in [0.2, 0.25) is 0 Å². The first-order valence-corrected chi connectivity index (χ1v) is 8.73. The number of halogens is 2. The third-order valence-electron chi connectivity index (χ3n) is 3.80. The first-order chi connectivity index (χ1) is 12.3. The van der Waals surface area contributed by atoms with Crippen LogP contribution in [-0.4, -0.2) is 19.0 Å². The largest absolute Gasteiger partial charge is 0.328 e. The van der Waals surface area contributed by atoms with Gasteiger partial charge in [-0.05, 0) is 36.6 Å². The summed E-state index contributed by atoms with van der Waals surface area (Å²) in [7, 11) is 1.60. The molecule has 0 aliphatic carbocycles. The van der Waals surface area contributed by atoms with Crippen LogP contribution in [0, 0.1) is 0 Å². The molecule has 3 amide bonds. The number of aryl methyl sites for hydroxylation is 1. The monoisotopic (exact) mass is 380 g/mol. The van der Waals surface area contributed by atoms with Crippen molar-refractivity contribution in [2.75, 3.05) is 11.9 Å². The van der Waals surface area contributed by atoms with E-state index in [1.165, 1.54) is 17.0 Å². The number of hydrogen-bond acceptors (Lipinski definition) is 2. The normalized spacial score (nSPS) is 11.0. The van der Waals surface area contributed by atoms with Crippen LogP contribution in [0.25, 0.3) is 0 Å². The van der Waals surface area contributed by atoms with Gasteiger partial charge in [-0.15, -0.1) is 0 Å². The zero-order valence-corrected chi connectivity index (χ0v) is 15.6. The highest BCUT2D eigenvalue weighted by Crippen LogP contribution is 2.25. The standard InChI is InChI=1S/C19H20Cl2N2O2/c1-3-4-8-13-9-5-6-12-16(13)23(2)19(25)22-18(24)17-14(20)10-7-11-15(17)21/h5-7,9-12H,3-4,8H2,1-2H3,(H,22,24,25)/i7T. The number of nitrogens with one attached hydrogen (secondary N) is 1. The van der Waals surface area contributed by atoms with Crippen molar-refractivity contribution in [3.05, 3.63) is 63.6 Å². The zero-order valence-electron chi connectivity index (χ0n) is 15.1. The highest BCUT2D eigenvalue weighted by molar-refractivity contribution is 6.40. The number of anilines is 1. The average Bonchev–Trinajstić information content (AvgIpc) is 2.58. The molecule has 0 saturated heterocycles. The number of carbonyl (C=O) groups excluding carboxylic acids is 2. The molecule has 2 aromatic carbocycles. The van der Waals surface area contributed by atoms with Crippen molar-refractivity contribution in [3.63, 3.8) is 0 Å². The predicted octanol–water partition coefficient (Wildman–Crippen LogP) is 5.32. The van der Waals surface area contributed by atoms with Gasteiger partial charge in [-0.2, -0.15) is 0 Å². The number of hydrogen-bond donors (Lipinski definition) is 1. The van der Waals surface area contributed by atoms with E-state index < -0.39 is 11.9 Å². The second-order valence-electron chi connectivity index (χ2n) is 5.58. The van der Waals surface area contributed by atoms with Crippen LogP contribution in [0.15, 0.2) is 42.4 Å². The molecular weight excluding hydrogens is 359 g/mol. The molecule has 2 rings (SSSR count). The molecule has 0 saturated carbocycles. The van der Waals surface area contributed by atoms with Crippen LogP contribution in [0.3, 0.4) is 0 Å². The number of imide groups is 1. The van der Waals surface area contributed by atoms with Gasteiger partial charge in [0.25, 0.3) is 5.91 Å². The highest BCUT2D eigenvalue weighted by atomic mass is 35.5. The lowest BCUT2D eigenvalue weighted by atomic mass is 10.1. The van der Waals surface area contributed by atoms with E-state index in [0.717, 1.165) is 30.5 Å². The Bertz CT molecular complexity index is 804. The van der Waals surface area contributed by atoms with Crippen molar-refractivity contribution in [1.29, 1.82) is 0 Å². The summed E-state index contributed by atoms with van der Waals surface area (Å²) >= 11 is 12.0. The molecular formula is C19H20Cl2N2O2. The van der Waals surface area contributed by atoms with Crippen LogP contribution < -0.4 is 10.2 Å². The Morgan fingerprint density at radius 3 is 2.44 bits per heavy atom. The molecule has 132 valence electrons. The smallest absolute Gasteiger partial charge is 0.297 e. The predicted molar refractivity (Wildman–Crippen MR) is 103 cm³/mol. The van der Waals surface area contributed by atoms with Gasteiger partial charge >= 0.3 is 6.03 Å². The maximum Gasteiger partial charge on any atom is 0.328 e. The molecule has 1 N–H and O–H groups in total. The lowest BCUT2D eigenvalue weighted by Gasteiger charge is -2.21. The van der Waals surface area contributed by atoms with E-state index in [2.05, 4.69) is 12.2 Å². The van der Waals surface area contributed by atoms with E-state index in [0.29, 0.717) is 0 Å². The molecule has 0 heterocycles. The molecule has 0 radical (unpaired) electrons. The molecule has 0 atom stereocenters. The zero-order chi connectivity index (χ0) is 19.3. The maximum absolute atomic E-state index is 12.5. The topological polar surface area (TPSA) is 49.4 Å². The molecule has 0 spiro atoms. The van der Waals surface area contributed by atoms with E-state index in [1.54, 1.807) is 7.05 Å². The molecule has 0 unspecified atom stereocenters. The first kappa shape index (κ1) is 17.8. The molecule has 0 aliphatic heterocycles. The van der Waals surface area contributed by atoms with E-state index in [4.69, 9.17) is 24.6 Å². The number of benzene rings is 2. The minimum absolute atomic E-state index is 0.0228. The second-order valence-corrected chi connectivity index (χ2v) is 6.39. The number of carbonyl (C=O) groups is 2. The Kier molecular flexibility index (Phi) is 6.31. The minimum Gasteiger partial charge on any atom is -0.297 e. The summed E-state index contributed by atoms with van der Waals surface area (Å²) in [5.74, 6) is -0.706. The van der Waals surface area contributed by atoms with Gasteiger partial charge in [-0.1, -0.05) is 60.8 Å². The van der Waals surface area contributed by atoms with Crippen LogP contribution in [0.2, 0.25) is 10.0 Å². The van der Waals surface area contributed by atoms with Gasteiger partial charge in [0.1, 0.15) is 0 Å². The van der Waals surface area contributed by atoms with Gasteiger partial charge in [0, 0.05) is 12.7 Å². The SMILES string of the molecule is [3H]c1cc(Cl)c(C(=O)NC(=O)N(C)c2ccccc2CCCC)c(Cl)c1. The van der Waals surface area contributed by atoms with Gasteiger partial charge in [-0.25, -0.2) is 4.79 Å². The van der Waals surface area contributed by atoms with Gasteiger partial charge in [0.15, 0.2) is 0 Å². The molecule has 0 aliphatic rings. The molecule has 2 aromatic rings. The summed E-state index contributed by atoms with van der Waals surface area (Å²) in [5.41, 5.74) is 1.75. The Balaban J connectivity index is 2.19. The summed E-state index contributed by atoms with van der Waals surface area (Å²) in [6.45, 7) is 2.10. The highest BCUT2D eigenvalue weighted by Gasteiger charge is 2.20. The van der Waals surface area contributed by atoms with E-state index in [-0.39, 0.29) is 21.7 Å². The number of rotatable bonds is 5. The van der Waals surface area contributed by atoms with E-state index in [9.17, 15) is 9.59 Å². The average molecular weight is 381 g/mol. The second kappa shape index (κ2) is 8.88. The third-order valence-corrected chi connectivity index (χ3v) is 4.40. The molecule has 0 fully saturated rings. The van der Waals surface area contributed by atoms with Gasteiger partial charge in [0.05, 0.1) is 17.0 Å².